The number of nitrogens with one attached hydrogen (secondary N) is 2. The summed E-state index contributed by atoms with van der Waals surface area (Å²) in [6.07, 6.45) is 0. The van der Waals surface area contributed by atoms with E-state index in [9.17, 15) is 4.79 Å². The molecule has 7 nitrogen and oxygen atoms in total. The van der Waals surface area contributed by atoms with Gasteiger partial charge in [0.25, 0.3) is 5.91 Å². The minimum Gasteiger partial charge on any atom is -0.332 e. The average molecular weight is 394 g/mol. The second-order valence-electron chi connectivity index (χ2n) is 5.67. The van der Waals surface area contributed by atoms with Crippen LogP contribution in [-0.2, 0) is 0 Å². The van der Waals surface area contributed by atoms with Crippen molar-refractivity contribution in [1.29, 1.82) is 0 Å². The van der Waals surface area contributed by atoms with Crippen LogP contribution in [0.1, 0.15) is 16.2 Å². The SMILES string of the molecule is Cc1nnc2sc(-c3ccccc3NC(=S)NC(=O)c3ccccc3)nn12. The Morgan fingerprint density at radius 2 is 1.81 bits per heavy atom. The molecule has 0 spiro atoms. The fourth-order valence-electron chi connectivity index (χ4n) is 2.52. The van der Waals surface area contributed by atoms with Crippen LogP contribution < -0.4 is 10.6 Å². The standard InChI is InChI=1S/C18H14N6OS2/c1-11-21-22-18-24(11)23-16(27-18)13-9-5-6-10-14(13)19-17(26)20-15(25)12-7-3-2-4-8-12/h2-10H,1H3,(H2,19,20,25,26). The van der Waals surface area contributed by atoms with Gasteiger partial charge in [-0.05, 0) is 43.4 Å². The first-order valence-corrected chi connectivity index (χ1v) is 9.30. The van der Waals surface area contributed by atoms with Crippen LogP contribution in [0.4, 0.5) is 5.69 Å². The van der Waals surface area contributed by atoms with Crippen molar-refractivity contribution in [3.63, 3.8) is 0 Å². The number of amides is 1. The molecule has 2 N–H and O–H groups in total. The minimum absolute atomic E-state index is 0.218. The van der Waals surface area contributed by atoms with Gasteiger partial charge in [0.1, 0.15) is 5.01 Å². The fraction of sp³-hybridized carbons (Fsp3) is 0.0556. The number of hydrogen-bond acceptors (Lipinski definition) is 6. The van der Waals surface area contributed by atoms with Gasteiger partial charge in [0.05, 0.1) is 5.69 Å². The third-order valence-electron chi connectivity index (χ3n) is 3.82. The molecule has 0 atom stereocenters. The van der Waals surface area contributed by atoms with Crippen molar-refractivity contribution in [3.8, 4) is 10.6 Å². The second-order valence-corrected chi connectivity index (χ2v) is 7.03. The number of carbonyl (C=O) groups is 1. The molecule has 4 rings (SSSR count). The molecule has 0 radical (unpaired) electrons. The molecule has 1 amide bonds. The number of aromatic nitrogens is 4. The highest BCUT2D eigenvalue weighted by Crippen LogP contribution is 2.31. The summed E-state index contributed by atoms with van der Waals surface area (Å²) in [7, 11) is 0. The lowest BCUT2D eigenvalue weighted by Crippen LogP contribution is -2.34. The molecule has 0 unspecified atom stereocenters. The van der Waals surface area contributed by atoms with E-state index in [-0.39, 0.29) is 11.0 Å². The zero-order chi connectivity index (χ0) is 18.8. The Labute approximate surface area is 164 Å². The number of anilines is 1. The molecule has 0 aliphatic heterocycles. The van der Waals surface area contributed by atoms with Gasteiger partial charge in [0.15, 0.2) is 10.9 Å². The number of benzene rings is 2. The number of para-hydroxylation sites is 1. The lowest BCUT2D eigenvalue weighted by Gasteiger charge is -2.12. The Morgan fingerprint density at radius 3 is 2.59 bits per heavy atom. The third kappa shape index (κ3) is 3.55. The van der Waals surface area contributed by atoms with Crippen molar-refractivity contribution < 1.29 is 4.79 Å². The van der Waals surface area contributed by atoms with Crippen LogP contribution in [0.15, 0.2) is 54.6 Å². The Morgan fingerprint density at radius 1 is 1.07 bits per heavy atom. The number of nitrogens with zero attached hydrogens (tertiary/aromatic N) is 4. The number of aryl methyl sites for hydroxylation is 1. The highest BCUT2D eigenvalue weighted by Gasteiger charge is 2.15. The number of fused-ring (bicyclic) bond motifs is 1. The number of rotatable bonds is 3. The average Bonchev–Trinajstić information content (AvgIpc) is 3.25. The van der Waals surface area contributed by atoms with Gasteiger partial charge in [-0.2, -0.15) is 9.61 Å². The van der Waals surface area contributed by atoms with Crippen molar-refractivity contribution in [1.82, 2.24) is 25.1 Å². The zero-order valence-corrected chi connectivity index (χ0v) is 15.8. The first-order valence-electron chi connectivity index (χ1n) is 8.07. The number of carbonyl (C=O) groups excluding carboxylic acids is 1. The third-order valence-corrected chi connectivity index (χ3v) is 4.95. The predicted molar refractivity (Wildman–Crippen MR) is 109 cm³/mol. The van der Waals surface area contributed by atoms with Gasteiger partial charge in [-0.25, -0.2) is 0 Å². The molecule has 0 fully saturated rings. The highest BCUT2D eigenvalue weighted by atomic mass is 32.1. The molecule has 0 aliphatic carbocycles. The quantitative estimate of drug-likeness (QED) is 0.519. The van der Waals surface area contributed by atoms with Crippen molar-refractivity contribution in [2.45, 2.75) is 6.92 Å². The maximum absolute atomic E-state index is 12.3. The van der Waals surface area contributed by atoms with E-state index in [0.29, 0.717) is 5.56 Å². The molecule has 0 aliphatic rings. The molecular formula is C18H14N6OS2. The van der Waals surface area contributed by atoms with Crippen LogP contribution in [-0.4, -0.2) is 30.8 Å². The van der Waals surface area contributed by atoms with E-state index in [1.165, 1.54) is 11.3 Å². The van der Waals surface area contributed by atoms with Crippen LogP contribution in [0.5, 0.6) is 0 Å². The predicted octanol–water partition coefficient (Wildman–Crippen LogP) is 3.29. The molecule has 0 saturated heterocycles. The molecule has 134 valence electrons. The van der Waals surface area contributed by atoms with Gasteiger partial charge in [-0.3, -0.25) is 10.1 Å². The minimum atomic E-state index is -0.264. The summed E-state index contributed by atoms with van der Waals surface area (Å²) in [4.78, 5) is 13.0. The fourth-order valence-corrected chi connectivity index (χ4v) is 3.65. The van der Waals surface area contributed by atoms with E-state index >= 15 is 0 Å². The summed E-state index contributed by atoms with van der Waals surface area (Å²) in [5.41, 5.74) is 2.15. The highest BCUT2D eigenvalue weighted by molar-refractivity contribution is 7.80. The van der Waals surface area contributed by atoms with Crippen LogP contribution in [0.3, 0.4) is 0 Å². The Kier molecular flexibility index (Phi) is 4.61. The van der Waals surface area contributed by atoms with Crippen LogP contribution in [0.2, 0.25) is 0 Å². The zero-order valence-electron chi connectivity index (χ0n) is 14.2. The molecule has 2 heterocycles. The smallest absolute Gasteiger partial charge is 0.257 e. The van der Waals surface area contributed by atoms with Gasteiger partial charge in [0, 0.05) is 11.1 Å². The van der Waals surface area contributed by atoms with Crippen molar-refractivity contribution in [3.05, 3.63) is 66.0 Å². The second kappa shape index (κ2) is 7.22. The summed E-state index contributed by atoms with van der Waals surface area (Å²) < 4.78 is 1.70. The Hall–Kier alpha value is -3.17. The number of thiocarbonyl (C=S) groups is 1. The molecular weight excluding hydrogens is 380 g/mol. The lowest BCUT2D eigenvalue weighted by atomic mass is 10.2. The van der Waals surface area contributed by atoms with Crippen molar-refractivity contribution in [2.24, 2.45) is 0 Å². The molecule has 2 aromatic carbocycles. The van der Waals surface area contributed by atoms with Gasteiger partial charge >= 0.3 is 0 Å². The summed E-state index contributed by atoms with van der Waals surface area (Å²) >= 11 is 6.73. The maximum Gasteiger partial charge on any atom is 0.257 e. The molecule has 0 bridgehead atoms. The lowest BCUT2D eigenvalue weighted by molar-refractivity contribution is 0.0977. The van der Waals surface area contributed by atoms with E-state index < -0.39 is 0 Å². The maximum atomic E-state index is 12.3. The Bertz CT molecular complexity index is 1140. The monoisotopic (exact) mass is 394 g/mol. The Balaban J connectivity index is 1.56. The molecule has 27 heavy (non-hydrogen) atoms. The van der Waals surface area contributed by atoms with Gasteiger partial charge < -0.3 is 5.32 Å². The van der Waals surface area contributed by atoms with Crippen LogP contribution >= 0.6 is 23.6 Å². The van der Waals surface area contributed by atoms with E-state index in [1.54, 1.807) is 28.8 Å². The summed E-state index contributed by atoms with van der Waals surface area (Å²) in [6.45, 7) is 1.85. The van der Waals surface area contributed by atoms with Gasteiger partial charge in [-0.1, -0.05) is 41.7 Å². The number of hydrogen-bond donors (Lipinski definition) is 2. The van der Waals surface area contributed by atoms with E-state index in [2.05, 4.69) is 25.9 Å². The largest absolute Gasteiger partial charge is 0.332 e. The van der Waals surface area contributed by atoms with Crippen molar-refractivity contribution in [2.75, 3.05) is 5.32 Å². The molecule has 4 aromatic rings. The first-order chi connectivity index (χ1) is 13.1. The molecule has 9 heteroatoms. The van der Waals surface area contributed by atoms with E-state index in [0.717, 1.165) is 27.0 Å². The van der Waals surface area contributed by atoms with Crippen LogP contribution in [0.25, 0.3) is 15.5 Å². The summed E-state index contributed by atoms with van der Waals surface area (Å²) in [5, 5.41) is 19.4. The normalized spacial score (nSPS) is 10.7. The van der Waals surface area contributed by atoms with Gasteiger partial charge in [-0.15, -0.1) is 10.2 Å². The van der Waals surface area contributed by atoms with Crippen molar-refractivity contribution >= 4 is 45.2 Å². The summed E-state index contributed by atoms with van der Waals surface area (Å²) in [5.74, 6) is 0.462. The van der Waals surface area contributed by atoms with E-state index in [4.69, 9.17) is 12.2 Å². The molecule has 2 aromatic heterocycles. The first kappa shape index (κ1) is 17.3. The molecule has 0 saturated carbocycles. The van der Waals surface area contributed by atoms with E-state index in [1.807, 2.05) is 37.3 Å². The van der Waals surface area contributed by atoms with Crippen LogP contribution in [0, 0.1) is 6.92 Å². The van der Waals surface area contributed by atoms with Gasteiger partial charge in [0.2, 0.25) is 4.96 Å². The summed E-state index contributed by atoms with van der Waals surface area (Å²) in [6, 6.07) is 16.5. The topological polar surface area (TPSA) is 84.2 Å².